The molecule has 0 saturated carbocycles. The van der Waals surface area contributed by atoms with Crippen molar-refractivity contribution in [3.8, 4) is 0 Å². The van der Waals surface area contributed by atoms with Gasteiger partial charge in [0.25, 0.3) is 0 Å². The predicted octanol–water partition coefficient (Wildman–Crippen LogP) is 4.07. The first kappa shape index (κ1) is 13.8. The Bertz CT molecular complexity index is 425. The Hall–Kier alpha value is -0.670. The van der Waals surface area contributed by atoms with Crippen molar-refractivity contribution in [2.24, 2.45) is 5.92 Å². The molecule has 18 heavy (non-hydrogen) atoms. The van der Waals surface area contributed by atoms with Gasteiger partial charge in [-0.2, -0.15) is 0 Å². The summed E-state index contributed by atoms with van der Waals surface area (Å²) in [6.45, 7) is 5.66. The van der Waals surface area contributed by atoms with Gasteiger partial charge in [0.2, 0.25) is 0 Å². The van der Waals surface area contributed by atoms with Crippen molar-refractivity contribution < 1.29 is 9.53 Å². The van der Waals surface area contributed by atoms with Crippen molar-refractivity contribution in [3.63, 3.8) is 0 Å². The standard InChI is InChI=1S/C15H19BrO2/c1-10-7-13(8-11(2)15(10)16)14(17)9-12-3-5-18-6-4-12/h7-8,12H,3-6,9H2,1-2H3. The molecule has 1 aliphatic heterocycles. The minimum atomic E-state index is 0.264. The Morgan fingerprint density at radius 2 is 1.83 bits per heavy atom. The average Bonchev–Trinajstić information content (AvgIpc) is 2.36. The fraction of sp³-hybridized carbons (Fsp3) is 0.533. The molecule has 0 aromatic heterocycles. The average molecular weight is 311 g/mol. The molecule has 98 valence electrons. The predicted molar refractivity (Wildman–Crippen MR) is 76.1 cm³/mol. The molecule has 1 heterocycles. The molecule has 2 nitrogen and oxygen atoms in total. The van der Waals surface area contributed by atoms with Gasteiger partial charge < -0.3 is 4.74 Å². The van der Waals surface area contributed by atoms with Crippen LogP contribution >= 0.6 is 15.9 Å². The summed E-state index contributed by atoms with van der Waals surface area (Å²) in [6.07, 6.45) is 2.68. The molecule has 1 aliphatic rings. The first-order valence-electron chi connectivity index (χ1n) is 6.45. The molecule has 0 bridgehead atoms. The number of Topliss-reactive ketones (excluding diaryl/α,β-unsaturated/α-hetero) is 1. The van der Waals surface area contributed by atoms with Gasteiger partial charge in [0, 0.05) is 29.7 Å². The van der Waals surface area contributed by atoms with Gasteiger partial charge in [0.05, 0.1) is 0 Å². The fourth-order valence-electron chi connectivity index (χ4n) is 2.44. The van der Waals surface area contributed by atoms with E-state index in [0.29, 0.717) is 12.3 Å². The van der Waals surface area contributed by atoms with Crippen molar-refractivity contribution in [1.82, 2.24) is 0 Å². The van der Waals surface area contributed by atoms with Gasteiger partial charge in [-0.25, -0.2) is 0 Å². The third-order valence-electron chi connectivity index (χ3n) is 3.57. The van der Waals surface area contributed by atoms with Gasteiger partial charge in [-0.1, -0.05) is 15.9 Å². The molecule has 0 amide bonds. The molecule has 0 spiro atoms. The summed E-state index contributed by atoms with van der Waals surface area (Å²) in [5, 5.41) is 0. The van der Waals surface area contributed by atoms with E-state index in [0.717, 1.165) is 47.2 Å². The molecule has 0 N–H and O–H groups in total. The summed E-state index contributed by atoms with van der Waals surface area (Å²) in [7, 11) is 0. The number of halogens is 1. The number of aryl methyl sites for hydroxylation is 2. The maximum Gasteiger partial charge on any atom is 0.163 e. The zero-order valence-electron chi connectivity index (χ0n) is 11.0. The zero-order chi connectivity index (χ0) is 13.1. The highest BCUT2D eigenvalue weighted by Crippen LogP contribution is 2.25. The van der Waals surface area contributed by atoms with Crippen LogP contribution in [-0.2, 0) is 4.74 Å². The summed E-state index contributed by atoms with van der Waals surface area (Å²) < 4.78 is 6.43. The molecule has 0 aliphatic carbocycles. The quantitative estimate of drug-likeness (QED) is 0.787. The lowest BCUT2D eigenvalue weighted by atomic mass is 9.91. The maximum atomic E-state index is 12.3. The van der Waals surface area contributed by atoms with Gasteiger partial charge in [0.15, 0.2) is 5.78 Å². The summed E-state index contributed by atoms with van der Waals surface area (Å²) in [6, 6.07) is 3.97. The number of rotatable bonds is 3. The number of benzene rings is 1. The summed E-state index contributed by atoms with van der Waals surface area (Å²) >= 11 is 3.53. The minimum Gasteiger partial charge on any atom is -0.381 e. The van der Waals surface area contributed by atoms with Gasteiger partial charge in [-0.3, -0.25) is 4.79 Å². The summed E-state index contributed by atoms with van der Waals surface area (Å²) in [4.78, 5) is 12.3. The van der Waals surface area contributed by atoms with E-state index in [9.17, 15) is 4.79 Å². The molecule has 0 radical (unpaired) electrons. The topological polar surface area (TPSA) is 26.3 Å². The molecular weight excluding hydrogens is 292 g/mol. The molecule has 0 atom stereocenters. The molecule has 1 aromatic carbocycles. The first-order valence-corrected chi connectivity index (χ1v) is 7.25. The van der Waals surface area contributed by atoms with Crippen LogP contribution in [0.1, 0.15) is 40.7 Å². The second-order valence-electron chi connectivity index (χ2n) is 5.11. The number of ether oxygens (including phenoxy) is 1. The second-order valence-corrected chi connectivity index (χ2v) is 5.90. The summed E-state index contributed by atoms with van der Waals surface area (Å²) in [5.74, 6) is 0.760. The normalized spacial score (nSPS) is 16.8. The van der Waals surface area contributed by atoms with Crippen molar-refractivity contribution in [3.05, 3.63) is 33.3 Å². The van der Waals surface area contributed by atoms with Gasteiger partial charge in [0.1, 0.15) is 0 Å². The van der Waals surface area contributed by atoms with Crippen molar-refractivity contribution in [2.75, 3.05) is 13.2 Å². The van der Waals surface area contributed by atoms with E-state index in [1.165, 1.54) is 0 Å². The number of hydrogen-bond donors (Lipinski definition) is 0. The van der Waals surface area contributed by atoms with E-state index in [1.54, 1.807) is 0 Å². The van der Waals surface area contributed by atoms with Crippen LogP contribution in [0.5, 0.6) is 0 Å². The number of hydrogen-bond acceptors (Lipinski definition) is 2. The van der Waals surface area contributed by atoms with Crippen molar-refractivity contribution in [2.45, 2.75) is 33.1 Å². The van der Waals surface area contributed by atoms with Gasteiger partial charge >= 0.3 is 0 Å². The zero-order valence-corrected chi connectivity index (χ0v) is 12.5. The number of carbonyl (C=O) groups excluding carboxylic acids is 1. The monoisotopic (exact) mass is 310 g/mol. The molecule has 1 aromatic rings. The van der Waals surface area contributed by atoms with E-state index < -0.39 is 0 Å². The Morgan fingerprint density at radius 3 is 2.39 bits per heavy atom. The van der Waals surface area contributed by atoms with Crippen LogP contribution in [-0.4, -0.2) is 19.0 Å². The van der Waals surface area contributed by atoms with E-state index in [-0.39, 0.29) is 5.78 Å². The Kier molecular flexibility index (Phi) is 4.57. The lowest BCUT2D eigenvalue weighted by Gasteiger charge is -2.21. The second kappa shape index (κ2) is 5.98. The summed E-state index contributed by atoms with van der Waals surface area (Å²) in [5.41, 5.74) is 3.11. The molecule has 3 heteroatoms. The van der Waals surface area contributed by atoms with E-state index in [2.05, 4.69) is 15.9 Å². The van der Waals surface area contributed by atoms with Crippen LogP contribution in [0.3, 0.4) is 0 Å². The minimum absolute atomic E-state index is 0.264. The highest BCUT2D eigenvalue weighted by atomic mass is 79.9. The van der Waals surface area contributed by atoms with Crippen LogP contribution in [0.4, 0.5) is 0 Å². The Labute approximate surface area is 117 Å². The van der Waals surface area contributed by atoms with E-state index in [4.69, 9.17) is 4.74 Å². The van der Waals surface area contributed by atoms with E-state index >= 15 is 0 Å². The SMILES string of the molecule is Cc1cc(C(=O)CC2CCOCC2)cc(C)c1Br. The first-order chi connectivity index (χ1) is 8.58. The highest BCUT2D eigenvalue weighted by molar-refractivity contribution is 9.10. The lowest BCUT2D eigenvalue weighted by Crippen LogP contribution is -2.18. The third kappa shape index (κ3) is 3.21. The molecule has 1 saturated heterocycles. The van der Waals surface area contributed by atoms with E-state index in [1.807, 2.05) is 26.0 Å². The third-order valence-corrected chi connectivity index (χ3v) is 4.82. The fourth-order valence-corrected chi connectivity index (χ4v) is 2.67. The number of carbonyl (C=O) groups is 1. The molecular formula is C15H19BrO2. The Morgan fingerprint density at radius 1 is 1.28 bits per heavy atom. The molecule has 0 unspecified atom stereocenters. The van der Waals surface area contributed by atoms with Crippen LogP contribution in [0.25, 0.3) is 0 Å². The van der Waals surface area contributed by atoms with Crippen molar-refractivity contribution in [1.29, 1.82) is 0 Å². The maximum absolute atomic E-state index is 12.3. The van der Waals surface area contributed by atoms with Gasteiger partial charge in [-0.05, 0) is 55.9 Å². The molecule has 1 fully saturated rings. The van der Waals surface area contributed by atoms with Crippen LogP contribution in [0.15, 0.2) is 16.6 Å². The largest absolute Gasteiger partial charge is 0.381 e. The van der Waals surface area contributed by atoms with Crippen LogP contribution in [0.2, 0.25) is 0 Å². The van der Waals surface area contributed by atoms with Gasteiger partial charge in [-0.15, -0.1) is 0 Å². The van der Waals surface area contributed by atoms with Crippen LogP contribution < -0.4 is 0 Å². The van der Waals surface area contributed by atoms with Crippen molar-refractivity contribution >= 4 is 21.7 Å². The van der Waals surface area contributed by atoms with Crippen LogP contribution in [0, 0.1) is 19.8 Å². The smallest absolute Gasteiger partial charge is 0.163 e. The number of ketones is 1. The highest BCUT2D eigenvalue weighted by Gasteiger charge is 2.19. The Balaban J connectivity index is 2.08. The molecule has 2 rings (SSSR count). The lowest BCUT2D eigenvalue weighted by molar-refractivity contribution is 0.0601.